The van der Waals surface area contributed by atoms with Crippen LogP contribution >= 0.6 is 11.8 Å². The maximum Gasteiger partial charge on any atom is 0.312 e. The molecule has 0 aromatic heterocycles. The Hall–Kier alpha value is -0.950. The van der Waals surface area contributed by atoms with Crippen LogP contribution in [0.5, 0.6) is 0 Å². The molecule has 0 bridgehead atoms. The average molecular weight is 291 g/mol. The fraction of sp³-hybridized carbons (Fsp3) is 0.833. The van der Waals surface area contributed by atoms with Crippen molar-refractivity contribution in [3.63, 3.8) is 0 Å². The molecule has 19 heavy (non-hydrogen) atoms. The van der Waals surface area contributed by atoms with Gasteiger partial charge >= 0.3 is 6.03 Å². The molecule has 0 aromatic carbocycles. The lowest BCUT2D eigenvalue weighted by atomic mass is 10.0. The Bertz CT molecular complexity index is 296. The third kappa shape index (κ3) is 7.27. The molecule has 3 amide bonds. The molecule has 0 fully saturated rings. The number of carbonyl (C=O) groups is 2. The molecule has 0 radical (unpaired) electrons. The smallest absolute Gasteiger partial charge is 0.312 e. The van der Waals surface area contributed by atoms with E-state index in [4.69, 9.17) is 5.73 Å². The van der Waals surface area contributed by atoms with Gasteiger partial charge in [0.15, 0.2) is 0 Å². The minimum Gasteiger partial charge on any atom is -0.395 e. The van der Waals surface area contributed by atoms with Crippen LogP contribution in [0.15, 0.2) is 0 Å². The largest absolute Gasteiger partial charge is 0.395 e. The predicted molar refractivity (Wildman–Crippen MR) is 78.0 cm³/mol. The number of hydrogen-bond acceptors (Lipinski definition) is 4. The van der Waals surface area contributed by atoms with Crippen LogP contribution in [0.1, 0.15) is 27.2 Å². The Morgan fingerprint density at radius 3 is 2.21 bits per heavy atom. The highest BCUT2D eigenvalue weighted by atomic mass is 32.2. The highest BCUT2D eigenvalue weighted by Crippen LogP contribution is 2.11. The molecule has 7 heteroatoms. The fourth-order valence-corrected chi connectivity index (χ4v) is 2.35. The van der Waals surface area contributed by atoms with Gasteiger partial charge in [0.2, 0.25) is 5.91 Å². The van der Waals surface area contributed by atoms with Crippen LogP contribution in [0.2, 0.25) is 0 Å². The number of nitrogens with two attached hydrogens (primary N) is 1. The molecule has 0 aliphatic carbocycles. The lowest BCUT2D eigenvalue weighted by molar-refractivity contribution is -0.123. The predicted octanol–water partition coefficient (Wildman–Crippen LogP) is 0.298. The Balaban J connectivity index is 4.57. The van der Waals surface area contributed by atoms with Gasteiger partial charge in [0, 0.05) is 11.3 Å². The number of carbonyl (C=O) groups excluding carboxylic acids is 2. The van der Waals surface area contributed by atoms with Gasteiger partial charge in [0.05, 0.1) is 6.61 Å². The van der Waals surface area contributed by atoms with Crippen LogP contribution in [0.4, 0.5) is 4.79 Å². The maximum atomic E-state index is 12.1. The molecule has 0 saturated heterocycles. The monoisotopic (exact) mass is 291 g/mol. The molecule has 3 atom stereocenters. The van der Waals surface area contributed by atoms with Crippen molar-refractivity contribution in [2.75, 3.05) is 12.9 Å². The SMILES string of the molecule is CSC(CO)C(C)NC(=O)C(CC(C)C)NC(N)=O. The molecule has 0 aromatic rings. The fourth-order valence-electron chi connectivity index (χ4n) is 1.73. The highest BCUT2D eigenvalue weighted by Gasteiger charge is 2.24. The quantitative estimate of drug-likeness (QED) is 0.516. The third-order valence-corrected chi connectivity index (χ3v) is 3.91. The van der Waals surface area contributed by atoms with Crippen molar-refractivity contribution in [1.29, 1.82) is 0 Å². The zero-order valence-corrected chi connectivity index (χ0v) is 12.8. The van der Waals surface area contributed by atoms with Gasteiger partial charge < -0.3 is 21.5 Å². The summed E-state index contributed by atoms with van der Waals surface area (Å²) in [4.78, 5) is 23.0. The van der Waals surface area contributed by atoms with E-state index in [9.17, 15) is 14.7 Å². The zero-order valence-electron chi connectivity index (χ0n) is 12.0. The average Bonchev–Trinajstić information content (AvgIpc) is 2.28. The minimum atomic E-state index is -0.711. The topological polar surface area (TPSA) is 104 Å². The first kappa shape index (κ1) is 18.0. The Kier molecular flexibility index (Phi) is 8.58. The Morgan fingerprint density at radius 2 is 1.84 bits per heavy atom. The number of hydrogen-bond donors (Lipinski definition) is 4. The Morgan fingerprint density at radius 1 is 1.26 bits per heavy atom. The van der Waals surface area contributed by atoms with Gasteiger partial charge in [-0.2, -0.15) is 11.8 Å². The molecule has 0 rings (SSSR count). The molecule has 112 valence electrons. The van der Waals surface area contributed by atoms with E-state index < -0.39 is 12.1 Å². The van der Waals surface area contributed by atoms with Crippen molar-refractivity contribution in [3.05, 3.63) is 0 Å². The van der Waals surface area contributed by atoms with E-state index in [0.717, 1.165) is 0 Å². The molecule has 0 spiro atoms. The van der Waals surface area contributed by atoms with Gasteiger partial charge in [-0.05, 0) is 25.5 Å². The minimum absolute atomic E-state index is 0.0132. The number of urea groups is 1. The summed E-state index contributed by atoms with van der Waals surface area (Å²) in [6.07, 6.45) is 2.39. The summed E-state index contributed by atoms with van der Waals surface area (Å²) in [7, 11) is 0. The number of primary amides is 1. The number of nitrogens with one attached hydrogen (secondary N) is 2. The summed E-state index contributed by atoms with van der Waals surface area (Å²) in [6, 6.07) is -1.53. The summed E-state index contributed by atoms with van der Waals surface area (Å²) < 4.78 is 0. The van der Waals surface area contributed by atoms with Crippen LogP contribution in [0.25, 0.3) is 0 Å². The lowest BCUT2D eigenvalue weighted by Gasteiger charge is -2.25. The van der Waals surface area contributed by atoms with Crippen molar-refractivity contribution in [2.45, 2.75) is 44.5 Å². The van der Waals surface area contributed by atoms with Crippen LogP contribution < -0.4 is 16.4 Å². The van der Waals surface area contributed by atoms with Crippen molar-refractivity contribution >= 4 is 23.7 Å². The standard InChI is InChI=1S/C12H25N3O3S/c1-7(2)5-9(15-12(13)18)11(17)14-8(3)10(6-16)19-4/h7-10,16H,5-6H2,1-4H3,(H,14,17)(H3,13,15,18). The van der Waals surface area contributed by atoms with Gasteiger partial charge in [-0.3, -0.25) is 4.79 Å². The second-order valence-corrected chi connectivity index (χ2v) is 6.02. The second kappa shape index (κ2) is 9.03. The highest BCUT2D eigenvalue weighted by molar-refractivity contribution is 7.99. The zero-order chi connectivity index (χ0) is 15.0. The maximum absolute atomic E-state index is 12.1. The first-order chi connectivity index (χ1) is 8.81. The van der Waals surface area contributed by atoms with E-state index in [-0.39, 0.29) is 29.7 Å². The summed E-state index contributed by atoms with van der Waals surface area (Å²) >= 11 is 1.48. The lowest BCUT2D eigenvalue weighted by Crippen LogP contribution is -2.53. The van der Waals surface area contributed by atoms with E-state index in [1.165, 1.54) is 11.8 Å². The molecule has 0 aliphatic rings. The first-order valence-electron chi connectivity index (χ1n) is 6.31. The summed E-state index contributed by atoms with van der Waals surface area (Å²) in [5, 5.41) is 14.4. The van der Waals surface area contributed by atoms with Crippen molar-refractivity contribution in [2.24, 2.45) is 11.7 Å². The molecular formula is C12H25N3O3S. The summed E-state index contributed by atoms with van der Waals surface area (Å²) in [6.45, 7) is 5.74. The van der Waals surface area contributed by atoms with Crippen molar-refractivity contribution < 1.29 is 14.7 Å². The molecular weight excluding hydrogens is 266 g/mol. The summed E-state index contributed by atoms with van der Waals surface area (Å²) in [5.41, 5.74) is 5.08. The van der Waals surface area contributed by atoms with Gasteiger partial charge in [0.25, 0.3) is 0 Å². The first-order valence-corrected chi connectivity index (χ1v) is 7.60. The van der Waals surface area contributed by atoms with Crippen molar-refractivity contribution in [1.82, 2.24) is 10.6 Å². The number of thioether (sulfide) groups is 1. The van der Waals surface area contributed by atoms with E-state index in [1.54, 1.807) is 0 Å². The van der Waals surface area contributed by atoms with Gasteiger partial charge in [-0.15, -0.1) is 0 Å². The van der Waals surface area contributed by atoms with Crippen LogP contribution in [0, 0.1) is 5.92 Å². The molecule has 0 heterocycles. The normalized spacial score (nSPS) is 15.7. The number of aliphatic hydroxyl groups excluding tert-OH is 1. The third-order valence-electron chi connectivity index (χ3n) is 2.75. The Labute approximate surface area is 118 Å². The van der Waals surface area contributed by atoms with E-state index in [2.05, 4.69) is 10.6 Å². The number of amides is 3. The molecule has 0 saturated carbocycles. The van der Waals surface area contributed by atoms with Crippen LogP contribution in [-0.2, 0) is 4.79 Å². The second-order valence-electron chi connectivity index (χ2n) is 4.94. The van der Waals surface area contributed by atoms with Gasteiger partial charge in [-0.1, -0.05) is 13.8 Å². The molecule has 0 aliphatic heterocycles. The van der Waals surface area contributed by atoms with Crippen LogP contribution in [-0.4, -0.2) is 47.2 Å². The number of rotatable bonds is 8. The number of aliphatic hydroxyl groups is 1. The molecule has 6 nitrogen and oxygen atoms in total. The van der Waals surface area contributed by atoms with Crippen LogP contribution in [0.3, 0.4) is 0 Å². The molecule has 5 N–H and O–H groups in total. The van der Waals surface area contributed by atoms with Crippen molar-refractivity contribution in [3.8, 4) is 0 Å². The van der Waals surface area contributed by atoms with E-state index in [0.29, 0.717) is 6.42 Å². The van der Waals surface area contributed by atoms with Gasteiger partial charge in [0.1, 0.15) is 6.04 Å². The molecule has 3 unspecified atom stereocenters. The van der Waals surface area contributed by atoms with E-state index in [1.807, 2.05) is 27.0 Å². The van der Waals surface area contributed by atoms with Gasteiger partial charge in [-0.25, -0.2) is 4.79 Å². The van der Waals surface area contributed by atoms with E-state index >= 15 is 0 Å². The summed E-state index contributed by atoms with van der Waals surface area (Å²) in [5.74, 6) is -0.0143.